The molecule has 19 heavy (non-hydrogen) atoms. The van der Waals surface area contributed by atoms with Crippen LogP contribution in [-0.4, -0.2) is 16.0 Å². The monoisotopic (exact) mass is 260 g/mol. The summed E-state index contributed by atoms with van der Waals surface area (Å²) in [6.07, 6.45) is 6.08. The quantitative estimate of drug-likeness (QED) is 0.818. The van der Waals surface area contributed by atoms with E-state index >= 15 is 0 Å². The summed E-state index contributed by atoms with van der Waals surface area (Å²) in [6, 6.07) is 9.46. The summed E-state index contributed by atoms with van der Waals surface area (Å²) in [7, 11) is 0. The molecule has 0 aliphatic heterocycles. The van der Waals surface area contributed by atoms with Gasteiger partial charge in [-0.15, -0.1) is 0 Å². The van der Waals surface area contributed by atoms with Crippen LogP contribution in [0.2, 0.25) is 0 Å². The van der Waals surface area contributed by atoms with Crippen molar-refractivity contribution < 1.29 is 14.9 Å². The van der Waals surface area contributed by atoms with Crippen LogP contribution < -0.4 is 4.74 Å². The van der Waals surface area contributed by atoms with Gasteiger partial charge in [-0.2, -0.15) is 0 Å². The second-order valence-electron chi connectivity index (χ2n) is 4.88. The van der Waals surface area contributed by atoms with Gasteiger partial charge in [0.1, 0.15) is 11.5 Å². The van der Waals surface area contributed by atoms with Gasteiger partial charge in [-0.1, -0.05) is 32.0 Å². The highest BCUT2D eigenvalue weighted by molar-refractivity contribution is 5.33. The summed E-state index contributed by atoms with van der Waals surface area (Å²) in [5.74, 6) is -0.434. The summed E-state index contributed by atoms with van der Waals surface area (Å²) in [6.45, 7) is 3.89. The van der Waals surface area contributed by atoms with Gasteiger partial charge in [0.25, 0.3) is 0 Å². The van der Waals surface area contributed by atoms with Crippen molar-refractivity contribution >= 4 is 0 Å². The first kappa shape index (κ1) is 13.8. The maximum absolute atomic E-state index is 10.1. The van der Waals surface area contributed by atoms with Crippen molar-refractivity contribution in [2.24, 2.45) is 5.41 Å². The summed E-state index contributed by atoms with van der Waals surface area (Å²) in [5, 5.41) is 20.3. The van der Waals surface area contributed by atoms with Crippen LogP contribution in [0.15, 0.2) is 54.3 Å². The first-order chi connectivity index (χ1) is 9.03. The SMILES string of the molecule is CCC1(CC)C=C(Oc2ccccc2)C=CC1(O)O. The zero-order valence-corrected chi connectivity index (χ0v) is 11.3. The van der Waals surface area contributed by atoms with E-state index in [-0.39, 0.29) is 0 Å². The van der Waals surface area contributed by atoms with Crippen LogP contribution in [0.1, 0.15) is 26.7 Å². The molecule has 2 N–H and O–H groups in total. The fraction of sp³-hybridized carbons (Fsp3) is 0.375. The Morgan fingerprint density at radius 2 is 1.68 bits per heavy atom. The standard InChI is InChI=1S/C16H20O3/c1-3-15(4-2)12-14(10-11-16(15,17)18)19-13-8-6-5-7-9-13/h5-12,17-18H,3-4H2,1-2H3. The van der Waals surface area contributed by atoms with E-state index in [1.54, 1.807) is 6.08 Å². The molecular formula is C16H20O3. The van der Waals surface area contributed by atoms with Crippen LogP contribution in [0.25, 0.3) is 0 Å². The topological polar surface area (TPSA) is 49.7 Å². The van der Waals surface area contributed by atoms with Gasteiger partial charge in [0.05, 0.1) is 0 Å². The third-order valence-electron chi connectivity index (χ3n) is 3.87. The largest absolute Gasteiger partial charge is 0.458 e. The molecule has 1 aromatic rings. The molecule has 0 aromatic heterocycles. The van der Waals surface area contributed by atoms with Crippen molar-refractivity contribution in [3.05, 3.63) is 54.3 Å². The fourth-order valence-electron chi connectivity index (χ4n) is 2.45. The molecule has 1 aromatic carbocycles. The summed E-state index contributed by atoms with van der Waals surface area (Å²) in [5.41, 5.74) is -0.703. The van der Waals surface area contributed by atoms with E-state index < -0.39 is 11.2 Å². The van der Waals surface area contributed by atoms with Gasteiger partial charge in [0.2, 0.25) is 0 Å². The van der Waals surface area contributed by atoms with Gasteiger partial charge < -0.3 is 14.9 Å². The second-order valence-corrected chi connectivity index (χ2v) is 4.88. The molecule has 0 radical (unpaired) electrons. The Hall–Kier alpha value is -1.58. The van der Waals surface area contributed by atoms with E-state index in [2.05, 4.69) is 0 Å². The van der Waals surface area contributed by atoms with E-state index in [1.165, 1.54) is 6.08 Å². The molecule has 2 rings (SSSR count). The van der Waals surface area contributed by atoms with E-state index in [0.717, 1.165) is 5.75 Å². The molecule has 0 unspecified atom stereocenters. The lowest BCUT2D eigenvalue weighted by Gasteiger charge is -2.41. The zero-order chi connectivity index (χ0) is 13.9. The molecular weight excluding hydrogens is 240 g/mol. The van der Waals surface area contributed by atoms with Crippen molar-refractivity contribution in [3.8, 4) is 5.75 Å². The minimum Gasteiger partial charge on any atom is -0.458 e. The normalized spacial score (nSPS) is 19.9. The van der Waals surface area contributed by atoms with Crippen molar-refractivity contribution in [1.82, 2.24) is 0 Å². The molecule has 0 amide bonds. The lowest BCUT2D eigenvalue weighted by atomic mass is 9.72. The zero-order valence-electron chi connectivity index (χ0n) is 11.3. The van der Waals surface area contributed by atoms with Gasteiger partial charge in [-0.25, -0.2) is 0 Å². The van der Waals surface area contributed by atoms with Crippen LogP contribution in [0.4, 0.5) is 0 Å². The number of hydrogen-bond acceptors (Lipinski definition) is 3. The Balaban J connectivity index is 2.28. The van der Waals surface area contributed by atoms with E-state index in [1.807, 2.05) is 50.3 Å². The molecule has 1 aliphatic carbocycles. The molecule has 0 atom stereocenters. The predicted molar refractivity (Wildman–Crippen MR) is 74.5 cm³/mol. The molecule has 3 heteroatoms. The highest BCUT2D eigenvalue weighted by Crippen LogP contribution is 2.43. The first-order valence-corrected chi connectivity index (χ1v) is 6.63. The van der Waals surface area contributed by atoms with Gasteiger partial charge in [0, 0.05) is 5.41 Å². The molecule has 0 saturated carbocycles. The molecule has 0 heterocycles. The van der Waals surface area contributed by atoms with Crippen LogP contribution in [0, 0.1) is 5.41 Å². The Morgan fingerprint density at radius 3 is 2.26 bits per heavy atom. The summed E-state index contributed by atoms with van der Waals surface area (Å²) < 4.78 is 5.76. The number of benzene rings is 1. The molecule has 0 bridgehead atoms. The van der Waals surface area contributed by atoms with Gasteiger partial charge in [0.15, 0.2) is 5.79 Å². The number of para-hydroxylation sites is 1. The van der Waals surface area contributed by atoms with Crippen LogP contribution in [0.3, 0.4) is 0 Å². The Morgan fingerprint density at radius 1 is 1.05 bits per heavy atom. The number of rotatable bonds is 4. The third kappa shape index (κ3) is 2.57. The average molecular weight is 260 g/mol. The van der Waals surface area contributed by atoms with Crippen LogP contribution >= 0.6 is 0 Å². The second kappa shape index (κ2) is 5.19. The number of ether oxygens (including phenoxy) is 1. The highest BCUT2D eigenvalue weighted by atomic mass is 16.5. The number of aliphatic hydroxyl groups is 2. The Labute approximate surface area is 113 Å². The minimum atomic E-state index is -1.82. The van der Waals surface area contributed by atoms with Crippen molar-refractivity contribution in [2.75, 3.05) is 0 Å². The fourth-order valence-corrected chi connectivity index (χ4v) is 2.45. The summed E-state index contributed by atoms with van der Waals surface area (Å²) >= 11 is 0. The van der Waals surface area contributed by atoms with Gasteiger partial charge in [-0.05, 0) is 43.2 Å². The van der Waals surface area contributed by atoms with Gasteiger partial charge in [-0.3, -0.25) is 0 Å². The van der Waals surface area contributed by atoms with Gasteiger partial charge >= 0.3 is 0 Å². The highest BCUT2D eigenvalue weighted by Gasteiger charge is 2.45. The number of hydrogen-bond donors (Lipinski definition) is 2. The van der Waals surface area contributed by atoms with E-state index in [9.17, 15) is 10.2 Å². The molecule has 0 saturated heterocycles. The lowest BCUT2D eigenvalue weighted by molar-refractivity contribution is -0.193. The lowest BCUT2D eigenvalue weighted by Crippen LogP contribution is -2.46. The maximum atomic E-state index is 10.1. The average Bonchev–Trinajstić information content (AvgIpc) is 2.42. The predicted octanol–water partition coefficient (Wildman–Crippen LogP) is 3.01. The number of allylic oxidation sites excluding steroid dienone is 1. The Bertz CT molecular complexity index is 482. The summed E-state index contributed by atoms with van der Waals surface area (Å²) in [4.78, 5) is 0. The molecule has 1 aliphatic rings. The van der Waals surface area contributed by atoms with Crippen molar-refractivity contribution in [1.29, 1.82) is 0 Å². The third-order valence-corrected chi connectivity index (χ3v) is 3.87. The first-order valence-electron chi connectivity index (χ1n) is 6.63. The maximum Gasteiger partial charge on any atom is 0.192 e. The smallest absolute Gasteiger partial charge is 0.192 e. The molecule has 3 nitrogen and oxygen atoms in total. The molecule has 0 spiro atoms. The van der Waals surface area contributed by atoms with Crippen LogP contribution in [0.5, 0.6) is 5.75 Å². The molecule has 102 valence electrons. The minimum absolute atomic E-state index is 0.627. The van der Waals surface area contributed by atoms with Crippen molar-refractivity contribution in [2.45, 2.75) is 32.5 Å². The van der Waals surface area contributed by atoms with E-state index in [0.29, 0.717) is 18.6 Å². The Kier molecular flexibility index (Phi) is 3.78. The molecule has 0 fully saturated rings. The van der Waals surface area contributed by atoms with Crippen molar-refractivity contribution in [3.63, 3.8) is 0 Å². The van der Waals surface area contributed by atoms with Crippen LogP contribution in [-0.2, 0) is 0 Å². The van der Waals surface area contributed by atoms with E-state index in [4.69, 9.17) is 4.74 Å².